The SMILES string of the molecule is O=C(Nc1cccc(Oc2cccnc2)c1)c1ccccn1. The first-order valence-electron chi connectivity index (χ1n) is 6.71. The normalized spacial score (nSPS) is 10.0. The van der Waals surface area contributed by atoms with E-state index in [0.29, 0.717) is 22.9 Å². The number of aromatic nitrogens is 2. The third kappa shape index (κ3) is 3.46. The summed E-state index contributed by atoms with van der Waals surface area (Å²) in [4.78, 5) is 20.1. The molecule has 0 unspecified atom stereocenters. The lowest BCUT2D eigenvalue weighted by atomic mass is 10.2. The first kappa shape index (κ1) is 13.8. The van der Waals surface area contributed by atoms with Crippen LogP contribution in [0.3, 0.4) is 0 Å². The van der Waals surface area contributed by atoms with Gasteiger partial charge < -0.3 is 10.1 Å². The van der Waals surface area contributed by atoms with Gasteiger partial charge in [0.2, 0.25) is 0 Å². The minimum Gasteiger partial charge on any atom is -0.456 e. The van der Waals surface area contributed by atoms with Gasteiger partial charge in [0.25, 0.3) is 5.91 Å². The number of hydrogen-bond acceptors (Lipinski definition) is 4. The largest absolute Gasteiger partial charge is 0.456 e. The summed E-state index contributed by atoms with van der Waals surface area (Å²) in [5.41, 5.74) is 0.998. The minimum absolute atomic E-state index is 0.265. The van der Waals surface area contributed by atoms with E-state index in [0.717, 1.165) is 0 Å². The van der Waals surface area contributed by atoms with Crippen molar-refractivity contribution < 1.29 is 9.53 Å². The molecule has 0 aliphatic heterocycles. The summed E-state index contributed by atoms with van der Waals surface area (Å²) in [5, 5.41) is 2.79. The molecule has 0 aliphatic carbocycles. The van der Waals surface area contributed by atoms with E-state index in [1.54, 1.807) is 61.1 Å². The van der Waals surface area contributed by atoms with Gasteiger partial charge in [-0.05, 0) is 36.4 Å². The first-order valence-corrected chi connectivity index (χ1v) is 6.71. The van der Waals surface area contributed by atoms with Crippen LogP contribution in [-0.2, 0) is 0 Å². The van der Waals surface area contributed by atoms with E-state index < -0.39 is 0 Å². The lowest BCUT2D eigenvalue weighted by Gasteiger charge is -2.08. The summed E-state index contributed by atoms with van der Waals surface area (Å²) >= 11 is 0. The Balaban J connectivity index is 1.73. The van der Waals surface area contributed by atoms with Crippen LogP contribution in [-0.4, -0.2) is 15.9 Å². The molecule has 0 spiro atoms. The second-order valence-corrected chi connectivity index (χ2v) is 4.49. The van der Waals surface area contributed by atoms with Crippen LogP contribution in [0.1, 0.15) is 10.5 Å². The molecule has 5 heteroatoms. The maximum Gasteiger partial charge on any atom is 0.274 e. The first-order chi connectivity index (χ1) is 10.8. The molecule has 3 aromatic rings. The number of hydrogen-bond donors (Lipinski definition) is 1. The highest BCUT2D eigenvalue weighted by atomic mass is 16.5. The molecule has 0 radical (unpaired) electrons. The molecule has 2 heterocycles. The summed E-state index contributed by atoms with van der Waals surface area (Å²) in [5.74, 6) is 0.988. The Kier molecular flexibility index (Phi) is 4.06. The molecule has 3 rings (SSSR count). The van der Waals surface area contributed by atoms with Gasteiger partial charge in [-0.2, -0.15) is 0 Å². The molecule has 108 valence electrons. The van der Waals surface area contributed by atoms with E-state index in [9.17, 15) is 4.79 Å². The Labute approximate surface area is 127 Å². The quantitative estimate of drug-likeness (QED) is 0.798. The second-order valence-electron chi connectivity index (χ2n) is 4.49. The number of nitrogens with zero attached hydrogens (tertiary/aromatic N) is 2. The van der Waals surface area contributed by atoms with Crippen molar-refractivity contribution in [3.63, 3.8) is 0 Å². The van der Waals surface area contributed by atoms with Gasteiger partial charge in [-0.25, -0.2) is 0 Å². The highest BCUT2D eigenvalue weighted by Crippen LogP contribution is 2.23. The highest BCUT2D eigenvalue weighted by Gasteiger charge is 2.07. The Morgan fingerprint density at radius 1 is 0.955 bits per heavy atom. The maximum atomic E-state index is 12.1. The molecule has 22 heavy (non-hydrogen) atoms. The molecule has 1 amide bonds. The molecule has 0 fully saturated rings. The number of benzene rings is 1. The Morgan fingerprint density at radius 2 is 1.86 bits per heavy atom. The number of carbonyl (C=O) groups is 1. The number of nitrogens with one attached hydrogen (secondary N) is 1. The van der Waals surface area contributed by atoms with Crippen molar-refractivity contribution in [2.75, 3.05) is 5.32 Å². The van der Waals surface area contributed by atoms with Crippen LogP contribution in [0.4, 0.5) is 5.69 Å². The van der Waals surface area contributed by atoms with Gasteiger partial charge in [0.1, 0.15) is 17.2 Å². The zero-order valence-corrected chi connectivity index (χ0v) is 11.6. The lowest BCUT2D eigenvalue weighted by Crippen LogP contribution is -2.13. The molecule has 1 N–H and O–H groups in total. The monoisotopic (exact) mass is 291 g/mol. The van der Waals surface area contributed by atoms with Crippen molar-refractivity contribution in [3.05, 3.63) is 78.9 Å². The van der Waals surface area contributed by atoms with Gasteiger partial charge in [-0.15, -0.1) is 0 Å². The molecule has 0 aliphatic rings. The fourth-order valence-corrected chi connectivity index (χ4v) is 1.87. The van der Waals surface area contributed by atoms with E-state index in [1.807, 2.05) is 12.1 Å². The molecular weight excluding hydrogens is 278 g/mol. The van der Waals surface area contributed by atoms with Gasteiger partial charge in [-0.1, -0.05) is 12.1 Å². The predicted molar refractivity (Wildman–Crippen MR) is 82.9 cm³/mol. The predicted octanol–water partition coefficient (Wildman–Crippen LogP) is 3.52. The van der Waals surface area contributed by atoms with Crippen molar-refractivity contribution in [3.8, 4) is 11.5 Å². The van der Waals surface area contributed by atoms with Crippen molar-refractivity contribution in [1.29, 1.82) is 0 Å². The molecule has 1 aromatic carbocycles. The number of pyridine rings is 2. The lowest BCUT2D eigenvalue weighted by molar-refractivity contribution is 0.102. The molecule has 5 nitrogen and oxygen atoms in total. The Bertz CT molecular complexity index is 761. The van der Waals surface area contributed by atoms with Gasteiger partial charge in [0, 0.05) is 24.1 Å². The average molecular weight is 291 g/mol. The molecule has 0 bridgehead atoms. The van der Waals surface area contributed by atoms with Crippen molar-refractivity contribution in [1.82, 2.24) is 9.97 Å². The van der Waals surface area contributed by atoms with E-state index in [1.165, 1.54) is 0 Å². The smallest absolute Gasteiger partial charge is 0.274 e. The second kappa shape index (κ2) is 6.49. The number of anilines is 1. The highest BCUT2D eigenvalue weighted by molar-refractivity contribution is 6.02. The zero-order chi connectivity index (χ0) is 15.2. The van der Waals surface area contributed by atoms with Crippen LogP contribution >= 0.6 is 0 Å². The van der Waals surface area contributed by atoms with Gasteiger partial charge in [0.15, 0.2) is 0 Å². The zero-order valence-electron chi connectivity index (χ0n) is 11.6. The summed E-state index contributed by atoms with van der Waals surface area (Å²) in [6, 6.07) is 15.9. The van der Waals surface area contributed by atoms with E-state index in [-0.39, 0.29) is 5.91 Å². The Morgan fingerprint density at radius 3 is 2.64 bits per heavy atom. The van der Waals surface area contributed by atoms with Gasteiger partial charge in [0.05, 0.1) is 6.20 Å². The van der Waals surface area contributed by atoms with Gasteiger partial charge >= 0.3 is 0 Å². The van der Waals surface area contributed by atoms with Crippen LogP contribution < -0.4 is 10.1 Å². The molecule has 2 aromatic heterocycles. The summed E-state index contributed by atoms with van der Waals surface area (Å²) in [6.45, 7) is 0. The van der Waals surface area contributed by atoms with Crippen LogP contribution in [0.2, 0.25) is 0 Å². The average Bonchev–Trinajstić information content (AvgIpc) is 2.57. The van der Waals surface area contributed by atoms with Crippen LogP contribution in [0.15, 0.2) is 73.2 Å². The molecule has 0 atom stereocenters. The van der Waals surface area contributed by atoms with Crippen molar-refractivity contribution in [2.45, 2.75) is 0 Å². The number of carbonyl (C=O) groups excluding carboxylic acids is 1. The van der Waals surface area contributed by atoms with Crippen LogP contribution in [0.25, 0.3) is 0 Å². The fourth-order valence-electron chi connectivity index (χ4n) is 1.87. The molecule has 0 saturated heterocycles. The van der Waals surface area contributed by atoms with Crippen LogP contribution in [0.5, 0.6) is 11.5 Å². The number of amides is 1. The number of ether oxygens (including phenoxy) is 1. The number of rotatable bonds is 4. The summed E-state index contributed by atoms with van der Waals surface area (Å²) in [7, 11) is 0. The maximum absolute atomic E-state index is 12.1. The fraction of sp³-hybridized carbons (Fsp3) is 0. The van der Waals surface area contributed by atoms with E-state index in [2.05, 4.69) is 15.3 Å². The summed E-state index contributed by atoms with van der Waals surface area (Å²) in [6.07, 6.45) is 4.88. The third-order valence-corrected chi connectivity index (χ3v) is 2.86. The Hall–Kier alpha value is -3.21. The topological polar surface area (TPSA) is 64.1 Å². The molecule has 0 saturated carbocycles. The van der Waals surface area contributed by atoms with Crippen molar-refractivity contribution >= 4 is 11.6 Å². The van der Waals surface area contributed by atoms with Crippen LogP contribution in [0, 0.1) is 0 Å². The third-order valence-electron chi connectivity index (χ3n) is 2.86. The standard InChI is InChI=1S/C17H13N3O2/c21-17(16-8-1-2-10-19-16)20-13-5-3-6-14(11-13)22-15-7-4-9-18-12-15/h1-12H,(H,20,21). The summed E-state index contributed by atoms with van der Waals surface area (Å²) < 4.78 is 5.68. The van der Waals surface area contributed by atoms with E-state index in [4.69, 9.17) is 4.74 Å². The molecular formula is C17H13N3O2. The van der Waals surface area contributed by atoms with E-state index >= 15 is 0 Å². The van der Waals surface area contributed by atoms with Gasteiger partial charge in [-0.3, -0.25) is 14.8 Å². The minimum atomic E-state index is -0.265. The van der Waals surface area contributed by atoms with Crippen molar-refractivity contribution in [2.24, 2.45) is 0 Å².